The van der Waals surface area contributed by atoms with Gasteiger partial charge in [-0.05, 0) is 36.4 Å². The third-order valence-corrected chi connectivity index (χ3v) is 3.87. The van der Waals surface area contributed by atoms with Crippen LogP contribution in [-0.4, -0.2) is 32.1 Å². The van der Waals surface area contributed by atoms with Crippen molar-refractivity contribution in [3.05, 3.63) is 48.7 Å². The monoisotopic (exact) mass is 333 g/mol. The SMILES string of the molecule is COc1ccc(-n2cc(-c3ccc4nc(N)nc(N)c4c3)nn2)cc1. The summed E-state index contributed by atoms with van der Waals surface area (Å²) in [4.78, 5) is 8.17. The summed E-state index contributed by atoms with van der Waals surface area (Å²) in [6.45, 7) is 0. The fraction of sp³-hybridized carbons (Fsp3) is 0.0588. The zero-order chi connectivity index (χ0) is 17.4. The maximum atomic E-state index is 5.94. The van der Waals surface area contributed by atoms with Crippen molar-refractivity contribution in [2.75, 3.05) is 18.6 Å². The number of benzene rings is 2. The molecule has 4 aromatic rings. The van der Waals surface area contributed by atoms with E-state index < -0.39 is 0 Å². The highest BCUT2D eigenvalue weighted by Crippen LogP contribution is 2.26. The molecule has 0 amide bonds. The van der Waals surface area contributed by atoms with Crippen molar-refractivity contribution < 1.29 is 4.74 Å². The highest BCUT2D eigenvalue weighted by molar-refractivity contribution is 5.92. The molecular formula is C17H15N7O. The summed E-state index contributed by atoms with van der Waals surface area (Å²) in [5.41, 5.74) is 14.7. The summed E-state index contributed by atoms with van der Waals surface area (Å²) in [7, 11) is 1.63. The van der Waals surface area contributed by atoms with Crippen LogP contribution in [0.25, 0.3) is 27.8 Å². The first kappa shape index (κ1) is 14.9. The Morgan fingerprint density at radius 2 is 1.80 bits per heavy atom. The van der Waals surface area contributed by atoms with Gasteiger partial charge in [0, 0.05) is 10.9 Å². The Labute approximate surface area is 143 Å². The van der Waals surface area contributed by atoms with E-state index in [9.17, 15) is 0 Å². The van der Waals surface area contributed by atoms with Gasteiger partial charge in [0.25, 0.3) is 0 Å². The molecule has 0 fully saturated rings. The molecule has 124 valence electrons. The van der Waals surface area contributed by atoms with Gasteiger partial charge in [-0.2, -0.15) is 4.98 Å². The van der Waals surface area contributed by atoms with E-state index in [1.807, 2.05) is 48.7 Å². The molecular weight excluding hydrogens is 318 g/mol. The number of nitrogens with zero attached hydrogens (tertiary/aromatic N) is 5. The topological polar surface area (TPSA) is 118 Å². The van der Waals surface area contributed by atoms with Crippen molar-refractivity contribution in [1.82, 2.24) is 25.0 Å². The molecule has 0 radical (unpaired) electrons. The van der Waals surface area contributed by atoms with Crippen LogP contribution in [-0.2, 0) is 0 Å². The number of anilines is 2. The number of ether oxygens (including phenoxy) is 1. The van der Waals surface area contributed by atoms with Gasteiger partial charge in [0.15, 0.2) is 0 Å². The second-order valence-corrected chi connectivity index (χ2v) is 5.45. The summed E-state index contributed by atoms with van der Waals surface area (Å²) in [6, 6.07) is 13.2. The van der Waals surface area contributed by atoms with Gasteiger partial charge >= 0.3 is 0 Å². The highest BCUT2D eigenvalue weighted by atomic mass is 16.5. The molecule has 0 unspecified atom stereocenters. The summed E-state index contributed by atoms with van der Waals surface area (Å²) in [6.07, 6.45) is 1.84. The van der Waals surface area contributed by atoms with Gasteiger partial charge in [0.1, 0.15) is 17.3 Å². The molecule has 8 nitrogen and oxygen atoms in total. The predicted octanol–water partition coefficient (Wildman–Crippen LogP) is 2.05. The number of hydrogen-bond donors (Lipinski definition) is 2. The average molecular weight is 333 g/mol. The van der Waals surface area contributed by atoms with E-state index in [-0.39, 0.29) is 5.95 Å². The number of nitrogens with two attached hydrogens (primary N) is 2. The minimum Gasteiger partial charge on any atom is -0.497 e. The molecule has 2 heterocycles. The minimum absolute atomic E-state index is 0.156. The Kier molecular flexibility index (Phi) is 3.42. The van der Waals surface area contributed by atoms with E-state index in [0.717, 1.165) is 22.4 Å². The molecule has 0 aliphatic carbocycles. The second kappa shape index (κ2) is 5.75. The molecule has 0 saturated carbocycles. The van der Waals surface area contributed by atoms with Gasteiger partial charge in [-0.3, -0.25) is 0 Å². The summed E-state index contributed by atoms with van der Waals surface area (Å²) in [5, 5.41) is 9.14. The highest BCUT2D eigenvalue weighted by Gasteiger charge is 2.09. The van der Waals surface area contributed by atoms with E-state index in [4.69, 9.17) is 16.2 Å². The van der Waals surface area contributed by atoms with E-state index in [0.29, 0.717) is 17.0 Å². The van der Waals surface area contributed by atoms with Gasteiger partial charge in [-0.1, -0.05) is 11.3 Å². The largest absolute Gasteiger partial charge is 0.497 e. The molecule has 4 N–H and O–H groups in total. The standard InChI is InChI=1S/C17H15N7O/c1-25-12-5-3-11(4-6-12)24-9-15(22-23-24)10-2-7-14-13(8-10)16(18)21-17(19)20-14/h2-9H,1H3,(H4,18,19,20,21). The third-order valence-electron chi connectivity index (χ3n) is 3.87. The zero-order valence-electron chi connectivity index (χ0n) is 13.4. The fourth-order valence-corrected chi connectivity index (χ4v) is 2.59. The zero-order valence-corrected chi connectivity index (χ0v) is 13.4. The maximum absolute atomic E-state index is 5.94. The van der Waals surface area contributed by atoms with Crippen LogP contribution in [0, 0.1) is 0 Å². The predicted molar refractivity (Wildman–Crippen MR) is 95.3 cm³/mol. The first-order valence-corrected chi connectivity index (χ1v) is 7.54. The third kappa shape index (κ3) is 2.69. The molecule has 0 spiro atoms. The van der Waals surface area contributed by atoms with Crippen LogP contribution in [0.4, 0.5) is 11.8 Å². The lowest BCUT2D eigenvalue weighted by atomic mass is 10.1. The van der Waals surface area contributed by atoms with Gasteiger partial charge in [0.05, 0.1) is 24.5 Å². The molecule has 0 aliphatic rings. The first-order valence-electron chi connectivity index (χ1n) is 7.54. The Hall–Kier alpha value is -3.68. The van der Waals surface area contributed by atoms with E-state index in [2.05, 4.69) is 20.3 Å². The van der Waals surface area contributed by atoms with Crippen LogP contribution in [0.3, 0.4) is 0 Å². The maximum Gasteiger partial charge on any atom is 0.222 e. The molecule has 0 aliphatic heterocycles. The van der Waals surface area contributed by atoms with Crippen molar-refractivity contribution in [3.63, 3.8) is 0 Å². The Morgan fingerprint density at radius 3 is 2.56 bits per heavy atom. The summed E-state index contributed by atoms with van der Waals surface area (Å²) < 4.78 is 6.86. The normalized spacial score (nSPS) is 10.9. The van der Waals surface area contributed by atoms with Crippen LogP contribution < -0.4 is 16.2 Å². The molecule has 2 aromatic heterocycles. The van der Waals surface area contributed by atoms with Crippen molar-refractivity contribution in [2.24, 2.45) is 0 Å². The number of aromatic nitrogens is 5. The Balaban J connectivity index is 1.73. The van der Waals surface area contributed by atoms with Crippen LogP contribution in [0.5, 0.6) is 5.75 Å². The second-order valence-electron chi connectivity index (χ2n) is 5.45. The molecule has 4 rings (SSSR count). The van der Waals surface area contributed by atoms with Crippen LogP contribution in [0.15, 0.2) is 48.7 Å². The van der Waals surface area contributed by atoms with Crippen LogP contribution in [0.2, 0.25) is 0 Å². The quantitative estimate of drug-likeness (QED) is 0.589. The Morgan fingerprint density at radius 1 is 1.00 bits per heavy atom. The molecule has 0 atom stereocenters. The van der Waals surface area contributed by atoms with Crippen molar-refractivity contribution >= 4 is 22.7 Å². The molecule has 8 heteroatoms. The van der Waals surface area contributed by atoms with Gasteiger partial charge < -0.3 is 16.2 Å². The van der Waals surface area contributed by atoms with Gasteiger partial charge in [0.2, 0.25) is 5.95 Å². The smallest absolute Gasteiger partial charge is 0.222 e. The number of fused-ring (bicyclic) bond motifs is 1. The van der Waals surface area contributed by atoms with E-state index in [1.165, 1.54) is 0 Å². The lowest BCUT2D eigenvalue weighted by Crippen LogP contribution is -2.00. The van der Waals surface area contributed by atoms with Gasteiger partial charge in [-0.15, -0.1) is 5.10 Å². The van der Waals surface area contributed by atoms with Gasteiger partial charge in [-0.25, -0.2) is 9.67 Å². The minimum atomic E-state index is 0.156. The van der Waals surface area contributed by atoms with Crippen LogP contribution in [0.1, 0.15) is 0 Å². The van der Waals surface area contributed by atoms with Crippen molar-refractivity contribution in [3.8, 4) is 22.7 Å². The fourth-order valence-electron chi connectivity index (χ4n) is 2.59. The number of nitrogen functional groups attached to an aromatic ring is 2. The molecule has 25 heavy (non-hydrogen) atoms. The summed E-state index contributed by atoms with van der Waals surface area (Å²) >= 11 is 0. The number of rotatable bonds is 3. The Bertz CT molecular complexity index is 1060. The number of hydrogen-bond acceptors (Lipinski definition) is 7. The average Bonchev–Trinajstić information content (AvgIpc) is 3.11. The molecule has 0 saturated heterocycles. The lowest BCUT2D eigenvalue weighted by Gasteiger charge is -2.04. The van der Waals surface area contributed by atoms with Crippen LogP contribution >= 0.6 is 0 Å². The first-order chi connectivity index (χ1) is 12.1. The van der Waals surface area contributed by atoms with E-state index >= 15 is 0 Å². The molecule has 0 bridgehead atoms. The number of methoxy groups -OCH3 is 1. The summed E-state index contributed by atoms with van der Waals surface area (Å²) in [5.74, 6) is 1.28. The van der Waals surface area contributed by atoms with Crippen molar-refractivity contribution in [1.29, 1.82) is 0 Å². The van der Waals surface area contributed by atoms with Crippen molar-refractivity contribution in [2.45, 2.75) is 0 Å². The molecule has 2 aromatic carbocycles. The van der Waals surface area contributed by atoms with E-state index in [1.54, 1.807) is 11.8 Å². The lowest BCUT2D eigenvalue weighted by molar-refractivity contribution is 0.414.